The van der Waals surface area contributed by atoms with Crippen molar-refractivity contribution in [3.63, 3.8) is 0 Å². The highest BCUT2D eigenvalue weighted by atomic mass is 16.5. The molecule has 0 unspecified atom stereocenters. The SMILES string of the molecule is CCCOc1ccc(CN=C(N)N2CCCCC2)cn1. The number of hydrogen-bond donors (Lipinski definition) is 1. The Bertz CT molecular complexity index is 424. The summed E-state index contributed by atoms with van der Waals surface area (Å²) in [4.78, 5) is 10.9. The molecule has 5 nitrogen and oxygen atoms in total. The fourth-order valence-electron chi connectivity index (χ4n) is 2.19. The van der Waals surface area contributed by atoms with Crippen molar-refractivity contribution in [2.24, 2.45) is 10.7 Å². The Morgan fingerprint density at radius 3 is 2.80 bits per heavy atom. The van der Waals surface area contributed by atoms with Crippen LogP contribution in [0.5, 0.6) is 5.88 Å². The van der Waals surface area contributed by atoms with Gasteiger partial charge in [0.2, 0.25) is 5.88 Å². The number of likely N-dealkylation sites (tertiary alicyclic amines) is 1. The van der Waals surface area contributed by atoms with Crippen LogP contribution in [0, 0.1) is 0 Å². The molecule has 2 rings (SSSR count). The van der Waals surface area contributed by atoms with Crippen LogP contribution in [-0.2, 0) is 6.54 Å². The minimum Gasteiger partial charge on any atom is -0.478 e. The fraction of sp³-hybridized carbons (Fsp3) is 0.600. The molecule has 20 heavy (non-hydrogen) atoms. The smallest absolute Gasteiger partial charge is 0.213 e. The van der Waals surface area contributed by atoms with E-state index in [0.29, 0.717) is 25.0 Å². The molecule has 2 N–H and O–H groups in total. The molecule has 110 valence electrons. The van der Waals surface area contributed by atoms with E-state index in [9.17, 15) is 0 Å². The van der Waals surface area contributed by atoms with Gasteiger partial charge >= 0.3 is 0 Å². The van der Waals surface area contributed by atoms with Gasteiger partial charge in [-0.25, -0.2) is 9.98 Å². The Labute approximate surface area is 120 Å². The van der Waals surface area contributed by atoms with Crippen LogP contribution in [0.4, 0.5) is 0 Å². The van der Waals surface area contributed by atoms with Crippen molar-refractivity contribution in [3.8, 4) is 5.88 Å². The molecule has 1 aliphatic rings. The lowest BCUT2D eigenvalue weighted by atomic mass is 10.1. The molecule has 0 aliphatic carbocycles. The first-order valence-electron chi connectivity index (χ1n) is 7.42. The molecule has 0 spiro atoms. The zero-order valence-electron chi connectivity index (χ0n) is 12.2. The lowest BCUT2D eigenvalue weighted by molar-refractivity contribution is 0.305. The van der Waals surface area contributed by atoms with Crippen molar-refractivity contribution >= 4 is 5.96 Å². The molecule has 0 saturated carbocycles. The summed E-state index contributed by atoms with van der Waals surface area (Å²) in [5.41, 5.74) is 7.07. The summed E-state index contributed by atoms with van der Waals surface area (Å²) in [7, 11) is 0. The van der Waals surface area contributed by atoms with E-state index in [2.05, 4.69) is 21.8 Å². The first kappa shape index (κ1) is 14.6. The minimum absolute atomic E-state index is 0.573. The van der Waals surface area contributed by atoms with Crippen molar-refractivity contribution in [2.45, 2.75) is 39.2 Å². The lowest BCUT2D eigenvalue weighted by Crippen LogP contribution is -2.40. The van der Waals surface area contributed by atoms with E-state index >= 15 is 0 Å². The van der Waals surface area contributed by atoms with Crippen molar-refractivity contribution in [1.82, 2.24) is 9.88 Å². The molecular formula is C15H24N4O. The van der Waals surface area contributed by atoms with Gasteiger partial charge in [0.15, 0.2) is 5.96 Å². The fourth-order valence-corrected chi connectivity index (χ4v) is 2.19. The van der Waals surface area contributed by atoms with Crippen LogP contribution in [0.25, 0.3) is 0 Å². The molecule has 1 aromatic heterocycles. The van der Waals surface area contributed by atoms with Crippen molar-refractivity contribution in [1.29, 1.82) is 0 Å². The van der Waals surface area contributed by atoms with Gasteiger partial charge in [-0.15, -0.1) is 0 Å². The summed E-state index contributed by atoms with van der Waals surface area (Å²) in [6.07, 6.45) is 6.51. The third kappa shape index (κ3) is 4.40. The van der Waals surface area contributed by atoms with Gasteiger partial charge in [0.25, 0.3) is 0 Å². The topological polar surface area (TPSA) is 63.7 Å². The van der Waals surface area contributed by atoms with E-state index in [1.165, 1.54) is 19.3 Å². The number of hydrogen-bond acceptors (Lipinski definition) is 3. The van der Waals surface area contributed by atoms with Crippen LogP contribution >= 0.6 is 0 Å². The number of aromatic nitrogens is 1. The Morgan fingerprint density at radius 1 is 1.35 bits per heavy atom. The van der Waals surface area contributed by atoms with Gasteiger partial charge in [-0.3, -0.25) is 0 Å². The monoisotopic (exact) mass is 276 g/mol. The number of piperidine rings is 1. The molecule has 1 aliphatic heterocycles. The van der Waals surface area contributed by atoms with Crippen LogP contribution in [0.1, 0.15) is 38.2 Å². The third-order valence-corrected chi connectivity index (χ3v) is 3.36. The summed E-state index contributed by atoms with van der Waals surface area (Å²) < 4.78 is 5.45. The summed E-state index contributed by atoms with van der Waals surface area (Å²) >= 11 is 0. The van der Waals surface area contributed by atoms with Gasteiger partial charge in [-0.2, -0.15) is 0 Å². The second-order valence-corrected chi connectivity index (χ2v) is 5.08. The molecule has 0 amide bonds. The second-order valence-electron chi connectivity index (χ2n) is 5.08. The van der Waals surface area contributed by atoms with Gasteiger partial charge in [0.1, 0.15) is 0 Å². The Hall–Kier alpha value is -1.78. The van der Waals surface area contributed by atoms with Gasteiger partial charge < -0.3 is 15.4 Å². The van der Waals surface area contributed by atoms with Crippen LogP contribution < -0.4 is 10.5 Å². The predicted molar refractivity (Wildman–Crippen MR) is 80.8 cm³/mol. The zero-order valence-corrected chi connectivity index (χ0v) is 12.2. The van der Waals surface area contributed by atoms with E-state index in [1.807, 2.05) is 12.1 Å². The van der Waals surface area contributed by atoms with E-state index in [4.69, 9.17) is 10.5 Å². The molecule has 0 radical (unpaired) electrons. The summed E-state index contributed by atoms with van der Waals surface area (Å²) in [6, 6.07) is 3.88. The van der Waals surface area contributed by atoms with Gasteiger partial charge in [0.05, 0.1) is 13.2 Å². The largest absolute Gasteiger partial charge is 0.478 e. The highest BCUT2D eigenvalue weighted by molar-refractivity contribution is 5.78. The molecule has 0 atom stereocenters. The Kier molecular flexibility index (Phi) is 5.65. The van der Waals surface area contributed by atoms with E-state index in [1.54, 1.807) is 6.20 Å². The number of guanidine groups is 1. The number of aliphatic imine (C=N–C) groups is 1. The molecule has 2 heterocycles. The highest BCUT2D eigenvalue weighted by Gasteiger charge is 2.11. The number of rotatable bonds is 5. The first-order chi connectivity index (χ1) is 9.79. The standard InChI is InChI=1S/C15H24N4O/c1-2-10-20-14-7-6-13(11-17-14)12-18-15(16)19-8-4-3-5-9-19/h6-7,11H,2-5,8-10,12H2,1H3,(H2,16,18). The van der Waals surface area contributed by atoms with Gasteiger partial charge in [-0.1, -0.05) is 13.0 Å². The molecule has 1 aromatic rings. The van der Waals surface area contributed by atoms with Crippen molar-refractivity contribution in [2.75, 3.05) is 19.7 Å². The lowest BCUT2D eigenvalue weighted by Gasteiger charge is -2.27. The van der Waals surface area contributed by atoms with Crippen molar-refractivity contribution < 1.29 is 4.74 Å². The zero-order chi connectivity index (χ0) is 14.2. The first-order valence-corrected chi connectivity index (χ1v) is 7.42. The number of nitrogens with two attached hydrogens (primary N) is 1. The minimum atomic E-state index is 0.573. The van der Waals surface area contributed by atoms with E-state index < -0.39 is 0 Å². The summed E-state index contributed by atoms with van der Waals surface area (Å²) in [5.74, 6) is 1.32. The average molecular weight is 276 g/mol. The molecule has 1 saturated heterocycles. The second kappa shape index (κ2) is 7.72. The maximum atomic E-state index is 6.02. The molecule has 5 heteroatoms. The van der Waals surface area contributed by atoms with Crippen LogP contribution in [0.15, 0.2) is 23.3 Å². The summed E-state index contributed by atoms with van der Waals surface area (Å²) in [5, 5.41) is 0. The molecule has 1 fully saturated rings. The van der Waals surface area contributed by atoms with Gasteiger partial charge in [0, 0.05) is 25.4 Å². The number of ether oxygens (including phenoxy) is 1. The Morgan fingerprint density at radius 2 is 2.15 bits per heavy atom. The van der Waals surface area contributed by atoms with Crippen molar-refractivity contribution in [3.05, 3.63) is 23.9 Å². The maximum absolute atomic E-state index is 6.02. The van der Waals surface area contributed by atoms with Crippen LogP contribution in [0.2, 0.25) is 0 Å². The number of nitrogens with zero attached hydrogens (tertiary/aromatic N) is 3. The number of pyridine rings is 1. The van der Waals surface area contributed by atoms with Crippen LogP contribution in [0.3, 0.4) is 0 Å². The average Bonchev–Trinajstić information content (AvgIpc) is 2.52. The quantitative estimate of drug-likeness (QED) is 0.661. The maximum Gasteiger partial charge on any atom is 0.213 e. The molecule has 0 aromatic carbocycles. The van der Waals surface area contributed by atoms with E-state index in [-0.39, 0.29) is 0 Å². The normalized spacial score (nSPS) is 16.2. The predicted octanol–water partition coefficient (Wildman–Crippen LogP) is 2.17. The van der Waals surface area contributed by atoms with E-state index in [0.717, 1.165) is 25.1 Å². The highest BCUT2D eigenvalue weighted by Crippen LogP contribution is 2.10. The third-order valence-electron chi connectivity index (χ3n) is 3.36. The van der Waals surface area contributed by atoms with Gasteiger partial charge in [-0.05, 0) is 31.2 Å². The summed E-state index contributed by atoms with van der Waals surface area (Å²) in [6.45, 7) is 5.40. The van der Waals surface area contributed by atoms with Crippen LogP contribution in [-0.4, -0.2) is 35.5 Å². The molecule has 0 bridgehead atoms. The Balaban J connectivity index is 1.85. The molecular weight excluding hydrogens is 252 g/mol.